The highest BCUT2D eigenvalue weighted by Gasteiger charge is 2.49. The van der Waals surface area contributed by atoms with Crippen molar-refractivity contribution in [1.29, 1.82) is 0 Å². The molecular formula is C23H20F5NO4. The van der Waals surface area contributed by atoms with E-state index >= 15 is 0 Å². The third kappa shape index (κ3) is 5.09. The molecule has 1 unspecified atom stereocenters. The lowest BCUT2D eigenvalue weighted by molar-refractivity contribution is -0.139. The zero-order valence-electron chi connectivity index (χ0n) is 17.3. The highest BCUT2D eigenvalue weighted by Crippen LogP contribution is 2.51. The smallest absolute Gasteiger partial charge is 0.408 e. The number of carbonyl (C=O) groups excluding carboxylic acids is 2. The van der Waals surface area contributed by atoms with Crippen molar-refractivity contribution in [2.75, 3.05) is 0 Å². The fraction of sp³-hybridized carbons (Fsp3) is 0.391. The molecule has 2 aliphatic carbocycles. The number of ether oxygens (including phenoxy) is 2. The van der Waals surface area contributed by atoms with Gasteiger partial charge in [-0.05, 0) is 49.0 Å². The summed E-state index contributed by atoms with van der Waals surface area (Å²) in [7, 11) is 0. The Balaban J connectivity index is 1.54. The van der Waals surface area contributed by atoms with E-state index in [-0.39, 0.29) is 18.4 Å². The van der Waals surface area contributed by atoms with Gasteiger partial charge in [-0.3, -0.25) is 0 Å². The molecule has 0 aliphatic heterocycles. The Kier molecular flexibility index (Phi) is 6.53. The first-order chi connectivity index (χ1) is 15.8. The number of rotatable bonds is 8. The molecule has 2 aromatic carbocycles. The standard InChI is InChI=1S/C23H20F5NO4/c24-15-16(25)18(27)21(19(28)17(15)26)33-22(30)20(14(12-6-7-12)13-8-9-13)29-23(31)32-10-11-4-2-1-3-5-11/h1-5,12-14,20H,6-10H2,(H,29,31). The van der Waals surface area contributed by atoms with Gasteiger partial charge in [0.1, 0.15) is 12.6 Å². The normalized spacial score (nSPS) is 16.4. The fourth-order valence-corrected chi connectivity index (χ4v) is 3.93. The molecule has 33 heavy (non-hydrogen) atoms. The van der Waals surface area contributed by atoms with Gasteiger partial charge in [0, 0.05) is 0 Å². The lowest BCUT2D eigenvalue weighted by Gasteiger charge is -2.26. The van der Waals surface area contributed by atoms with Gasteiger partial charge in [0.05, 0.1) is 0 Å². The number of halogens is 5. The maximum absolute atomic E-state index is 14.0. The molecule has 176 valence electrons. The van der Waals surface area contributed by atoms with E-state index in [4.69, 9.17) is 4.74 Å². The first kappa shape index (κ1) is 23.0. The lowest BCUT2D eigenvalue weighted by atomic mass is 9.89. The molecule has 0 heterocycles. The zero-order valence-corrected chi connectivity index (χ0v) is 17.3. The van der Waals surface area contributed by atoms with Gasteiger partial charge in [0.2, 0.25) is 34.8 Å². The molecule has 10 heteroatoms. The second-order valence-electron chi connectivity index (χ2n) is 8.26. The molecule has 0 spiro atoms. The Labute approximate surface area is 185 Å². The number of carbonyl (C=O) groups is 2. The van der Waals surface area contributed by atoms with Crippen LogP contribution >= 0.6 is 0 Å². The maximum Gasteiger partial charge on any atom is 0.408 e. The van der Waals surface area contributed by atoms with Crippen molar-refractivity contribution in [2.45, 2.75) is 38.3 Å². The van der Waals surface area contributed by atoms with Crippen molar-refractivity contribution in [3.05, 3.63) is 65.0 Å². The molecule has 0 saturated heterocycles. The summed E-state index contributed by atoms with van der Waals surface area (Å²) in [6.45, 7) is -0.0936. The van der Waals surface area contributed by atoms with Gasteiger partial charge in [-0.1, -0.05) is 30.3 Å². The minimum absolute atomic E-state index is 0.0702. The summed E-state index contributed by atoms with van der Waals surface area (Å²) in [6, 6.07) is 7.35. The van der Waals surface area contributed by atoms with E-state index in [0.717, 1.165) is 25.7 Å². The highest BCUT2D eigenvalue weighted by molar-refractivity contribution is 5.83. The number of hydrogen-bond donors (Lipinski definition) is 1. The molecule has 1 amide bonds. The van der Waals surface area contributed by atoms with E-state index in [1.54, 1.807) is 30.3 Å². The van der Waals surface area contributed by atoms with Crippen molar-refractivity contribution >= 4 is 12.1 Å². The van der Waals surface area contributed by atoms with Gasteiger partial charge in [-0.15, -0.1) is 0 Å². The minimum Gasteiger partial charge on any atom is -0.445 e. The molecule has 2 aromatic rings. The van der Waals surface area contributed by atoms with Crippen LogP contribution in [-0.4, -0.2) is 18.1 Å². The van der Waals surface area contributed by atoms with Crippen molar-refractivity contribution in [1.82, 2.24) is 5.32 Å². The topological polar surface area (TPSA) is 64.6 Å². The number of benzene rings is 2. The Bertz CT molecular complexity index is 1020. The third-order valence-corrected chi connectivity index (χ3v) is 5.83. The van der Waals surface area contributed by atoms with Gasteiger partial charge < -0.3 is 14.8 Å². The summed E-state index contributed by atoms with van der Waals surface area (Å²) in [5.41, 5.74) is 0.689. The van der Waals surface area contributed by atoms with Crippen LogP contribution < -0.4 is 10.1 Å². The molecule has 2 aliphatic rings. The Hall–Kier alpha value is -3.17. The molecule has 0 bridgehead atoms. The molecule has 0 radical (unpaired) electrons. The number of amides is 1. The van der Waals surface area contributed by atoms with Gasteiger partial charge in [0.15, 0.2) is 0 Å². The van der Waals surface area contributed by atoms with E-state index < -0.39 is 58.9 Å². The maximum atomic E-state index is 14.0. The van der Waals surface area contributed by atoms with Crippen molar-refractivity contribution in [3.63, 3.8) is 0 Å². The van der Waals surface area contributed by atoms with Gasteiger partial charge >= 0.3 is 12.1 Å². The van der Waals surface area contributed by atoms with Crippen LogP contribution in [0.2, 0.25) is 0 Å². The molecule has 5 nitrogen and oxygen atoms in total. The number of alkyl carbamates (subject to hydrolysis) is 1. The van der Waals surface area contributed by atoms with Crippen LogP contribution in [0.15, 0.2) is 30.3 Å². The monoisotopic (exact) mass is 469 g/mol. The van der Waals surface area contributed by atoms with Crippen LogP contribution in [0.5, 0.6) is 5.75 Å². The first-order valence-corrected chi connectivity index (χ1v) is 10.5. The predicted octanol–water partition coefficient (Wildman–Crippen LogP) is 5.02. The van der Waals surface area contributed by atoms with Crippen LogP contribution in [0.1, 0.15) is 31.2 Å². The Morgan fingerprint density at radius 3 is 1.88 bits per heavy atom. The Morgan fingerprint density at radius 2 is 1.36 bits per heavy atom. The summed E-state index contributed by atoms with van der Waals surface area (Å²) in [4.78, 5) is 25.3. The zero-order chi connectivity index (χ0) is 23.7. The molecule has 0 aromatic heterocycles. The van der Waals surface area contributed by atoms with Crippen molar-refractivity contribution in [3.8, 4) is 5.75 Å². The second-order valence-corrected chi connectivity index (χ2v) is 8.26. The second kappa shape index (κ2) is 9.36. The largest absolute Gasteiger partial charge is 0.445 e. The minimum atomic E-state index is -2.36. The van der Waals surface area contributed by atoms with E-state index in [1.807, 2.05) is 0 Å². The third-order valence-electron chi connectivity index (χ3n) is 5.83. The quantitative estimate of drug-likeness (QED) is 0.194. The van der Waals surface area contributed by atoms with Crippen LogP contribution in [0.4, 0.5) is 26.7 Å². The number of nitrogens with one attached hydrogen (secondary N) is 1. The van der Waals surface area contributed by atoms with E-state index in [0.29, 0.717) is 5.56 Å². The van der Waals surface area contributed by atoms with E-state index in [9.17, 15) is 31.5 Å². The lowest BCUT2D eigenvalue weighted by Crippen LogP contribution is -2.49. The van der Waals surface area contributed by atoms with Crippen molar-refractivity contribution < 1.29 is 41.0 Å². The summed E-state index contributed by atoms with van der Waals surface area (Å²) in [5.74, 6) is -14.6. The molecule has 4 rings (SSSR count). The predicted molar refractivity (Wildman–Crippen MR) is 104 cm³/mol. The highest BCUT2D eigenvalue weighted by atomic mass is 19.2. The number of esters is 1. The fourth-order valence-electron chi connectivity index (χ4n) is 3.93. The summed E-state index contributed by atoms with van der Waals surface area (Å²) >= 11 is 0. The van der Waals surface area contributed by atoms with Crippen LogP contribution in [0.25, 0.3) is 0 Å². The number of hydrogen-bond acceptors (Lipinski definition) is 4. The summed E-state index contributed by atoms with van der Waals surface area (Å²) in [6.07, 6.45) is 2.18. The summed E-state index contributed by atoms with van der Waals surface area (Å²) < 4.78 is 78.2. The summed E-state index contributed by atoms with van der Waals surface area (Å²) in [5, 5.41) is 2.39. The first-order valence-electron chi connectivity index (χ1n) is 10.5. The van der Waals surface area contributed by atoms with E-state index in [1.165, 1.54) is 0 Å². The molecule has 2 fully saturated rings. The van der Waals surface area contributed by atoms with Crippen LogP contribution in [0, 0.1) is 46.8 Å². The van der Waals surface area contributed by atoms with Crippen LogP contribution in [0.3, 0.4) is 0 Å². The Morgan fingerprint density at radius 1 is 0.848 bits per heavy atom. The van der Waals surface area contributed by atoms with Gasteiger partial charge in [-0.25, -0.2) is 22.8 Å². The van der Waals surface area contributed by atoms with Crippen molar-refractivity contribution in [2.24, 2.45) is 17.8 Å². The molecular weight excluding hydrogens is 449 g/mol. The average molecular weight is 469 g/mol. The van der Waals surface area contributed by atoms with Crippen LogP contribution in [-0.2, 0) is 16.1 Å². The van der Waals surface area contributed by atoms with Gasteiger partial charge in [0.25, 0.3) is 0 Å². The molecule has 1 N–H and O–H groups in total. The molecule has 2 saturated carbocycles. The molecule has 1 atom stereocenters. The SMILES string of the molecule is O=C(NC(C(=O)Oc1c(F)c(F)c(F)c(F)c1F)C(C1CC1)C1CC1)OCc1ccccc1. The average Bonchev–Trinajstić information content (AvgIpc) is 3.73. The van der Waals surface area contributed by atoms with E-state index in [2.05, 4.69) is 10.1 Å². The van der Waals surface area contributed by atoms with Gasteiger partial charge in [-0.2, -0.15) is 8.78 Å².